The summed E-state index contributed by atoms with van der Waals surface area (Å²) in [7, 11) is 0. The third-order valence-electron chi connectivity index (χ3n) is 2.49. The van der Waals surface area contributed by atoms with Crippen molar-refractivity contribution in [3.8, 4) is 12.3 Å². The first kappa shape index (κ1) is 11.0. The van der Waals surface area contributed by atoms with Crippen LogP contribution in [0.15, 0.2) is 24.3 Å². The van der Waals surface area contributed by atoms with Crippen LogP contribution in [0.1, 0.15) is 6.42 Å². The molecule has 0 spiro atoms. The predicted octanol–water partition coefficient (Wildman–Crippen LogP) is 0.717. The van der Waals surface area contributed by atoms with E-state index in [4.69, 9.17) is 12.2 Å². The van der Waals surface area contributed by atoms with Gasteiger partial charge in [0.15, 0.2) is 0 Å². The minimum absolute atomic E-state index is 0.191. The number of hydrogen-bond acceptors (Lipinski definition) is 3. The fraction of sp³-hybridized carbons (Fsp3) is 0.167. The average molecular weight is 229 g/mol. The van der Waals surface area contributed by atoms with Crippen molar-refractivity contribution in [3.05, 3.63) is 24.3 Å². The number of terminal acetylenes is 1. The van der Waals surface area contributed by atoms with E-state index >= 15 is 0 Å². The Morgan fingerprint density at radius 3 is 2.59 bits per heavy atom. The number of carbonyl (C=O) groups excluding carboxylic acids is 2. The Bertz CT molecular complexity index is 501. The molecule has 1 unspecified atom stereocenters. The molecule has 0 radical (unpaired) electrons. The Balaban J connectivity index is 2.28. The molecule has 0 aromatic heterocycles. The molecule has 0 aliphatic carbocycles. The van der Waals surface area contributed by atoms with E-state index in [0.29, 0.717) is 11.4 Å². The van der Waals surface area contributed by atoms with Crippen molar-refractivity contribution < 1.29 is 9.59 Å². The van der Waals surface area contributed by atoms with Crippen LogP contribution in [0, 0.1) is 12.3 Å². The summed E-state index contributed by atoms with van der Waals surface area (Å²) < 4.78 is 0. The van der Waals surface area contributed by atoms with Crippen molar-refractivity contribution in [2.24, 2.45) is 0 Å². The molecule has 3 amide bonds. The standard InChI is InChI=1S/C12H11N3O2/c1-2-3-10-11(16)15(12(17)14-10)9-6-4-8(13)5-7-9/h1,4-7,10H,3,13H2,(H,14,17). The van der Waals surface area contributed by atoms with Gasteiger partial charge >= 0.3 is 6.03 Å². The topological polar surface area (TPSA) is 75.4 Å². The number of hydrogen-bond donors (Lipinski definition) is 2. The molecule has 1 atom stereocenters. The highest BCUT2D eigenvalue weighted by molar-refractivity contribution is 6.21. The van der Waals surface area contributed by atoms with Gasteiger partial charge in [-0.05, 0) is 24.3 Å². The number of imide groups is 1. The van der Waals surface area contributed by atoms with E-state index in [1.54, 1.807) is 24.3 Å². The fourth-order valence-electron chi connectivity index (χ4n) is 1.66. The summed E-state index contributed by atoms with van der Waals surface area (Å²) in [5.41, 5.74) is 6.60. The Morgan fingerprint density at radius 1 is 1.35 bits per heavy atom. The summed E-state index contributed by atoms with van der Waals surface area (Å²) in [6.45, 7) is 0. The van der Waals surface area contributed by atoms with E-state index in [1.165, 1.54) is 0 Å². The molecule has 3 N–H and O–H groups in total. The summed E-state index contributed by atoms with van der Waals surface area (Å²) in [5.74, 6) is 2.02. The van der Waals surface area contributed by atoms with Gasteiger partial charge in [0.1, 0.15) is 6.04 Å². The van der Waals surface area contributed by atoms with Crippen LogP contribution >= 0.6 is 0 Å². The number of benzene rings is 1. The van der Waals surface area contributed by atoms with Gasteiger partial charge in [0, 0.05) is 12.1 Å². The first-order valence-corrected chi connectivity index (χ1v) is 5.07. The van der Waals surface area contributed by atoms with Crippen molar-refractivity contribution in [1.82, 2.24) is 5.32 Å². The molecule has 1 aromatic rings. The molecule has 2 rings (SSSR count). The molecule has 1 saturated heterocycles. The Labute approximate surface area is 98.6 Å². The highest BCUT2D eigenvalue weighted by Gasteiger charge is 2.38. The molecule has 5 heteroatoms. The smallest absolute Gasteiger partial charge is 0.329 e. The van der Waals surface area contributed by atoms with E-state index in [-0.39, 0.29) is 12.3 Å². The minimum Gasteiger partial charge on any atom is -0.399 e. The van der Waals surface area contributed by atoms with Crippen LogP contribution in [0.3, 0.4) is 0 Å². The van der Waals surface area contributed by atoms with Gasteiger partial charge in [0.2, 0.25) is 0 Å². The van der Waals surface area contributed by atoms with Crippen molar-refractivity contribution in [2.45, 2.75) is 12.5 Å². The highest BCUT2D eigenvalue weighted by atomic mass is 16.2. The molecule has 17 heavy (non-hydrogen) atoms. The van der Waals surface area contributed by atoms with Gasteiger partial charge in [-0.2, -0.15) is 0 Å². The molecule has 1 aliphatic heterocycles. The SMILES string of the molecule is C#CCC1NC(=O)N(c2ccc(N)cc2)C1=O. The minimum atomic E-state index is -0.634. The molecule has 0 saturated carbocycles. The summed E-state index contributed by atoms with van der Waals surface area (Å²) in [4.78, 5) is 24.6. The van der Waals surface area contributed by atoms with Crippen molar-refractivity contribution in [1.29, 1.82) is 0 Å². The number of amides is 3. The van der Waals surface area contributed by atoms with Crippen LogP contribution in [-0.4, -0.2) is 18.0 Å². The molecule has 1 aromatic carbocycles. The molecular formula is C12H11N3O2. The third-order valence-corrected chi connectivity index (χ3v) is 2.49. The molecule has 5 nitrogen and oxygen atoms in total. The van der Waals surface area contributed by atoms with E-state index in [9.17, 15) is 9.59 Å². The van der Waals surface area contributed by atoms with Gasteiger partial charge in [-0.15, -0.1) is 12.3 Å². The normalized spacial score (nSPS) is 19.0. The molecule has 1 aliphatic rings. The van der Waals surface area contributed by atoms with Gasteiger partial charge in [-0.25, -0.2) is 9.69 Å². The maximum absolute atomic E-state index is 11.9. The zero-order valence-electron chi connectivity index (χ0n) is 9.01. The number of nitrogens with two attached hydrogens (primary N) is 1. The number of carbonyl (C=O) groups is 2. The van der Waals surface area contributed by atoms with E-state index < -0.39 is 12.1 Å². The summed E-state index contributed by atoms with van der Waals surface area (Å²) in [6, 6.07) is 5.40. The number of nitrogens with one attached hydrogen (secondary N) is 1. The van der Waals surface area contributed by atoms with Gasteiger partial charge in [0.05, 0.1) is 5.69 Å². The van der Waals surface area contributed by atoms with Crippen molar-refractivity contribution in [2.75, 3.05) is 10.6 Å². The van der Waals surface area contributed by atoms with Crippen LogP contribution < -0.4 is 16.0 Å². The Hall–Kier alpha value is -2.48. The molecule has 86 valence electrons. The lowest BCUT2D eigenvalue weighted by Crippen LogP contribution is -2.31. The molecule has 1 heterocycles. The van der Waals surface area contributed by atoms with Crippen LogP contribution in [0.5, 0.6) is 0 Å². The number of rotatable bonds is 2. The summed E-state index contributed by atoms with van der Waals surface area (Å²) in [5, 5.41) is 2.53. The van der Waals surface area contributed by atoms with Crippen molar-refractivity contribution in [3.63, 3.8) is 0 Å². The van der Waals surface area contributed by atoms with Crippen LogP contribution in [-0.2, 0) is 4.79 Å². The van der Waals surface area contributed by atoms with E-state index in [0.717, 1.165) is 4.90 Å². The van der Waals surface area contributed by atoms with E-state index in [2.05, 4.69) is 11.2 Å². The number of urea groups is 1. The quantitative estimate of drug-likeness (QED) is 0.445. The lowest BCUT2D eigenvalue weighted by Gasteiger charge is -2.12. The largest absolute Gasteiger partial charge is 0.399 e. The van der Waals surface area contributed by atoms with Gasteiger partial charge in [-0.3, -0.25) is 4.79 Å². The maximum atomic E-state index is 11.9. The van der Waals surface area contributed by atoms with Crippen molar-refractivity contribution >= 4 is 23.3 Å². The highest BCUT2D eigenvalue weighted by Crippen LogP contribution is 2.21. The van der Waals surface area contributed by atoms with Gasteiger partial charge in [-0.1, -0.05) is 0 Å². The van der Waals surface area contributed by atoms with Crippen LogP contribution in [0.4, 0.5) is 16.2 Å². The predicted molar refractivity (Wildman–Crippen MR) is 64.1 cm³/mol. The summed E-state index contributed by atoms with van der Waals surface area (Å²) in [6.07, 6.45) is 5.32. The lowest BCUT2D eigenvalue weighted by atomic mass is 10.2. The Morgan fingerprint density at radius 2 is 2.00 bits per heavy atom. The van der Waals surface area contributed by atoms with E-state index in [1.807, 2.05) is 0 Å². The average Bonchev–Trinajstić information content (AvgIpc) is 2.57. The Kier molecular flexibility index (Phi) is 2.71. The second-order valence-electron chi connectivity index (χ2n) is 3.68. The zero-order chi connectivity index (χ0) is 12.4. The third kappa shape index (κ3) is 1.93. The summed E-state index contributed by atoms with van der Waals surface area (Å²) >= 11 is 0. The number of nitrogens with zero attached hydrogens (tertiary/aromatic N) is 1. The first-order valence-electron chi connectivity index (χ1n) is 5.07. The molecule has 0 bridgehead atoms. The second-order valence-corrected chi connectivity index (χ2v) is 3.68. The lowest BCUT2D eigenvalue weighted by molar-refractivity contribution is -0.118. The van der Waals surface area contributed by atoms with Crippen LogP contribution in [0.25, 0.3) is 0 Å². The van der Waals surface area contributed by atoms with Gasteiger partial charge in [0.25, 0.3) is 5.91 Å². The zero-order valence-corrected chi connectivity index (χ0v) is 9.01. The second kappa shape index (κ2) is 4.18. The molecular weight excluding hydrogens is 218 g/mol. The monoisotopic (exact) mass is 229 g/mol. The first-order chi connectivity index (χ1) is 8.13. The molecule has 1 fully saturated rings. The number of nitrogen functional groups attached to an aromatic ring is 1. The maximum Gasteiger partial charge on any atom is 0.329 e. The van der Waals surface area contributed by atoms with Gasteiger partial charge < -0.3 is 11.1 Å². The van der Waals surface area contributed by atoms with Crippen LogP contribution in [0.2, 0.25) is 0 Å². The fourth-order valence-corrected chi connectivity index (χ4v) is 1.66. The number of anilines is 2.